The predicted octanol–water partition coefficient (Wildman–Crippen LogP) is 4.32. The van der Waals surface area contributed by atoms with Gasteiger partial charge < -0.3 is 10.2 Å². The van der Waals surface area contributed by atoms with Crippen LogP contribution >= 0.6 is 0 Å². The molecule has 3 rings (SSSR count). The number of hydrogen-bond acceptors (Lipinski definition) is 4. The first-order valence-electron chi connectivity index (χ1n) is 12.8. The quantitative estimate of drug-likeness (QED) is 0.374. The van der Waals surface area contributed by atoms with Gasteiger partial charge in [-0.15, -0.1) is 0 Å². The van der Waals surface area contributed by atoms with Gasteiger partial charge >= 0.3 is 0 Å². The van der Waals surface area contributed by atoms with Crippen LogP contribution in [0.4, 0.5) is 5.69 Å². The van der Waals surface area contributed by atoms with Crippen LogP contribution in [0.2, 0.25) is 0 Å². The third-order valence-electron chi connectivity index (χ3n) is 6.53. The van der Waals surface area contributed by atoms with E-state index in [0.29, 0.717) is 12.1 Å². The lowest BCUT2D eigenvalue weighted by molar-refractivity contribution is -0.140. The van der Waals surface area contributed by atoms with Crippen molar-refractivity contribution in [2.24, 2.45) is 0 Å². The molecule has 0 spiro atoms. The molecule has 2 amide bonds. The van der Waals surface area contributed by atoms with Crippen molar-refractivity contribution in [1.82, 2.24) is 10.2 Å². The lowest BCUT2D eigenvalue weighted by Gasteiger charge is -2.34. The van der Waals surface area contributed by atoms with Crippen LogP contribution in [0, 0.1) is 6.92 Å². The lowest BCUT2D eigenvalue weighted by Crippen LogP contribution is -2.54. The summed E-state index contributed by atoms with van der Waals surface area (Å²) < 4.78 is 26.8. The Balaban J connectivity index is 2.05. The maximum Gasteiger partial charge on any atom is 0.244 e. The molecular weight excluding hydrogens is 498 g/mol. The predicted molar refractivity (Wildman–Crippen MR) is 152 cm³/mol. The average Bonchev–Trinajstić information content (AvgIpc) is 2.90. The average molecular weight is 536 g/mol. The summed E-state index contributed by atoms with van der Waals surface area (Å²) in [6.45, 7) is 5.45. The second kappa shape index (κ2) is 13.2. The molecule has 0 aliphatic carbocycles. The summed E-state index contributed by atoms with van der Waals surface area (Å²) in [5.41, 5.74) is 2.92. The van der Waals surface area contributed by atoms with E-state index in [2.05, 4.69) is 5.32 Å². The molecule has 0 aromatic heterocycles. The van der Waals surface area contributed by atoms with Crippen LogP contribution < -0.4 is 9.62 Å². The zero-order valence-electron chi connectivity index (χ0n) is 22.5. The fourth-order valence-corrected chi connectivity index (χ4v) is 5.12. The fourth-order valence-electron chi connectivity index (χ4n) is 4.21. The van der Waals surface area contributed by atoms with E-state index in [0.717, 1.165) is 33.7 Å². The highest BCUT2D eigenvalue weighted by molar-refractivity contribution is 7.92. The summed E-state index contributed by atoms with van der Waals surface area (Å²) in [4.78, 5) is 29.2. The highest BCUT2D eigenvalue weighted by atomic mass is 32.2. The molecule has 38 heavy (non-hydrogen) atoms. The van der Waals surface area contributed by atoms with Gasteiger partial charge in [0.15, 0.2) is 0 Å². The maximum atomic E-state index is 14.0. The van der Waals surface area contributed by atoms with Crippen LogP contribution in [0.15, 0.2) is 84.9 Å². The molecule has 8 heteroatoms. The van der Waals surface area contributed by atoms with E-state index in [4.69, 9.17) is 0 Å². The summed E-state index contributed by atoms with van der Waals surface area (Å²) in [6.07, 6.45) is 2.13. The van der Waals surface area contributed by atoms with E-state index in [9.17, 15) is 18.0 Å². The number of para-hydroxylation sites is 1. The Morgan fingerprint density at radius 3 is 1.97 bits per heavy atom. The number of hydrogen-bond donors (Lipinski definition) is 1. The van der Waals surface area contributed by atoms with E-state index in [1.807, 2.05) is 80.6 Å². The first-order valence-corrected chi connectivity index (χ1v) is 14.7. The first-order chi connectivity index (χ1) is 18.1. The molecule has 7 nitrogen and oxygen atoms in total. The second-order valence-electron chi connectivity index (χ2n) is 9.59. The largest absolute Gasteiger partial charge is 0.352 e. The molecule has 0 heterocycles. The Kier molecular flexibility index (Phi) is 10.1. The van der Waals surface area contributed by atoms with Gasteiger partial charge in [-0.05, 0) is 43.0 Å². The summed E-state index contributed by atoms with van der Waals surface area (Å²) in [6, 6.07) is 25.1. The monoisotopic (exact) mass is 535 g/mol. The number of carbonyl (C=O) groups excluding carboxylic acids is 2. The molecule has 3 aromatic rings. The van der Waals surface area contributed by atoms with E-state index >= 15 is 0 Å². The number of rotatable bonds is 12. The normalized spacial score (nSPS) is 12.8. The number of carbonyl (C=O) groups is 2. The molecule has 0 unspecified atom stereocenters. The highest BCUT2D eigenvalue weighted by Gasteiger charge is 2.33. The van der Waals surface area contributed by atoms with Gasteiger partial charge in [-0.25, -0.2) is 8.42 Å². The summed E-state index contributed by atoms with van der Waals surface area (Å²) in [7, 11) is -3.78. The lowest BCUT2D eigenvalue weighted by atomic mass is 10.0. The first kappa shape index (κ1) is 28.9. The summed E-state index contributed by atoms with van der Waals surface area (Å²) in [5.74, 6) is -0.725. The van der Waals surface area contributed by atoms with Gasteiger partial charge in [0.2, 0.25) is 21.8 Å². The van der Waals surface area contributed by atoms with Crippen LogP contribution in [-0.4, -0.2) is 50.0 Å². The Hall–Kier alpha value is -3.65. The summed E-state index contributed by atoms with van der Waals surface area (Å²) >= 11 is 0. The third kappa shape index (κ3) is 7.92. The van der Waals surface area contributed by atoms with Crippen molar-refractivity contribution in [2.75, 3.05) is 17.1 Å². The number of anilines is 1. The van der Waals surface area contributed by atoms with Gasteiger partial charge in [0, 0.05) is 19.0 Å². The van der Waals surface area contributed by atoms with Gasteiger partial charge in [-0.3, -0.25) is 13.9 Å². The number of sulfonamides is 1. The van der Waals surface area contributed by atoms with Gasteiger partial charge in [0.25, 0.3) is 0 Å². The van der Waals surface area contributed by atoms with Crippen LogP contribution in [0.5, 0.6) is 0 Å². The maximum absolute atomic E-state index is 14.0. The number of nitrogens with zero attached hydrogens (tertiary/aromatic N) is 2. The molecule has 0 saturated heterocycles. The number of benzene rings is 3. The minimum atomic E-state index is -3.78. The van der Waals surface area contributed by atoms with Crippen LogP contribution in [0.1, 0.15) is 37.0 Å². The molecule has 0 bridgehead atoms. The van der Waals surface area contributed by atoms with E-state index in [1.165, 1.54) is 4.90 Å². The molecule has 2 atom stereocenters. The molecule has 0 fully saturated rings. The van der Waals surface area contributed by atoms with E-state index < -0.39 is 28.5 Å². The molecular formula is C30H37N3O4S. The van der Waals surface area contributed by atoms with Crippen molar-refractivity contribution < 1.29 is 18.0 Å². The van der Waals surface area contributed by atoms with Crippen LogP contribution in [0.25, 0.3) is 0 Å². The van der Waals surface area contributed by atoms with Crippen LogP contribution in [-0.2, 0) is 32.6 Å². The number of amides is 2. The van der Waals surface area contributed by atoms with Gasteiger partial charge in [0.05, 0.1) is 11.9 Å². The topological polar surface area (TPSA) is 86.8 Å². The van der Waals surface area contributed by atoms with Crippen molar-refractivity contribution in [1.29, 1.82) is 0 Å². The Morgan fingerprint density at radius 1 is 0.868 bits per heavy atom. The zero-order valence-corrected chi connectivity index (χ0v) is 23.3. The Labute approximate surface area is 226 Å². The molecule has 0 radical (unpaired) electrons. The molecule has 3 aromatic carbocycles. The van der Waals surface area contributed by atoms with E-state index in [-0.39, 0.29) is 18.5 Å². The van der Waals surface area contributed by atoms with Crippen molar-refractivity contribution in [2.45, 2.75) is 52.2 Å². The van der Waals surface area contributed by atoms with E-state index in [1.54, 1.807) is 25.1 Å². The van der Waals surface area contributed by atoms with Crippen molar-refractivity contribution >= 4 is 27.5 Å². The fraction of sp³-hybridized carbons (Fsp3) is 0.333. The SMILES string of the molecule is CC[C@H](C)NC(=O)[C@H](Cc1ccccc1)N(Cc1ccccc1)C(=O)CN(c1ccccc1C)S(C)(=O)=O. The number of nitrogens with one attached hydrogen (secondary N) is 1. The Bertz CT molecular complexity index is 1310. The van der Waals surface area contributed by atoms with Gasteiger partial charge in [0.1, 0.15) is 12.6 Å². The molecule has 0 aliphatic rings. The Morgan fingerprint density at radius 2 is 1.42 bits per heavy atom. The molecule has 202 valence electrons. The van der Waals surface area contributed by atoms with Crippen molar-refractivity contribution in [3.8, 4) is 0 Å². The summed E-state index contributed by atoms with van der Waals surface area (Å²) in [5, 5.41) is 3.03. The standard InChI is InChI=1S/C30H37N3O4S/c1-5-24(3)31-30(35)28(20-25-15-8-6-9-16-25)32(21-26-17-10-7-11-18-26)29(34)22-33(38(4,36)37)27-19-13-12-14-23(27)2/h6-19,24,28H,5,20-22H2,1-4H3,(H,31,35)/t24-,28-/m0/s1. The smallest absolute Gasteiger partial charge is 0.244 e. The van der Waals surface area contributed by atoms with Gasteiger partial charge in [-0.2, -0.15) is 0 Å². The minimum absolute atomic E-state index is 0.0751. The van der Waals surface area contributed by atoms with Crippen molar-refractivity contribution in [3.05, 3.63) is 102 Å². The molecule has 1 N–H and O–H groups in total. The van der Waals surface area contributed by atoms with Crippen molar-refractivity contribution in [3.63, 3.8) is 0 Å². The zero-order chi connectivity index (χ0) is 27.7. The molecule has 0 aliphatic heterocycles. The third-order valence-corrected chi connectivity index (χ3v) is 7.66. The highest BCUT2D eigenvalue weighted by Crippen LogP contribution is 2.23. The molecule has 0 saturated carbocycles. The van der Waals surface area contributed by atoms with Gasteiger partial charge in [-0.1, -0.05) is 85.8 Å². The minimum Gasteiger partial charge on any atom is -0.352 e. The number of aryl methyl sites for hydroxylation is 1. The van der Waals surface area contributed by atoms with Crippen LogP contribution in [0.3, 0.4) is 0 Å². The second-order valence-corrected chi connectivity index (χ2v) is 11.5.